The summed E-state index contributed by atoms with van der Waals surface area (Å²) in [5, 5.41) is 8.89. The van der Waals surface area contributed by atoms with Crippen molar-refractivity contribution in [3.05, 3.63) is 89.5 Å². The molecule has 0 saturated carbocycles. The molecule has 5 nitrogen and oxygen atoms in total. The lowest BCUT2D eigenvalue weighted by Crippen LogP contribution is -2.21. The van der Waals surface area contributed by atoms with Crippen LogP contribution in [0.3, 0.4) is 0 Å². The maximum absolute atomic E-state index is 8.89. The highest BCUT2D eigenvalue weighted by atomic mass is 16.4. The molecular formula is C33H45N3O2. The van der Waals surface area contributed by atoms with E-state index < -0.39 is 5.97 Å². The van der Waals surface area contributed by atoms with Crippen molar-refractivity contribution in [3.63, 3.8) is 0 Å². The summed E-state index contributed by atoms with van der Waals surface area (Å²) in [5.74, 6) is -1.08. The van der Waals surface area contributed by atoms with Crippen LogP contribution in [0.1, 0.15) is 59.6 Å². The van der Waals surface area contributed by atoms with Crippen LogP contribution in [0.15, 0.2) is 78.4 Å². The van der Waals surface area contributed by atoms with Gasteiger partial charge in [0.1, 0.15) is 13.1 Å². The van der Waals surface area contributed by atoms with Crippen molar-refractivity contribution in [2.45, 2.75) is 48.5 Å². The van der Waals surface area contributed by atoms with Gasteiger partial charge in [0.2, 0.25) is 0 Å². The molecule has 5 heteroatoms. The van der Waals surface area contributed by atoms with Crippen LogP contribution in [0.25, 0.3) is 5.57 Å². The van der Waals surface area contributed by atoms with Crippen LogP contribution in [-0.4, -0.2) is 55.5 Å². The van der Waals surface area contributed by atoms with E-state index in [4.69, 9.17) is 9.90 Å². The quantitative estimate of drug-likeness (QED) is 0.389. The molecule has 0 unspecified atom stereocenters. The van der Waals surface area contributed by atoms with Crippen LogP contribution in [0.5, 0.6) is 0 Å². The summed E-state index contributed by atoms with van der Waals surface area (Å²) in [7, 11) is 0. The number of benzene rings is 2. The van der Waals surface area contributed by atoms with Crippen molar-refractivity contribution in [1.29, 1.82) is 0 Å². The van der Waals surface area contributed by atoms with E-state index in [1.807, 2.05) is 0 Å². The van der Waals surface area contributed by atoms with Gasteiger partial charge in [-0.05, 0) is 107 Å². The third kappa shape index (κ3) is 8.20. The van der Waals surface area contributed by atoms with Gasteiger partial charge in [0.25, 0.3) is 0 Å². The molecule has 0 aromatic heterocycles. The molecule has 0 N–H and O–H groups in total. The Bertz CT molecular complexity index is 1060. The van der Waals surface area contributed by atoms with Gasteiger partial charge in [0, 0.05) is 55.7 Å². The van der Waals surface area contributed by atoms with Crippen LogP contribution in [-0.2, 0) is 4.79 Å². The second-order valence-electron chi connectivity index (χ2n) is 9.02. The van der Waals surface area contributed by atoms with Crippen LogP contribution in [0.2, 0.25) is 0 Å². The summed E-state index contributed by atoms with van der Waals surface area (Å²) in [4.78, 5) is 13.7. The lowest BCUT2D eigenvalue weighted by atomic mass is 9.90. The van der Waals surface area contributed by atoms with E-state index in [9.17, 15) is 0 Å². The van der Waals surface area contributed by atoms with Crippen molar-refractivity contribution in [2.75, 3.05) is 49.1 Å². The molecule has 0 atom stereocenters. The fourth-order valence-corrected chi connectivity index (χ4v) is 4.78. The zero-order valence-corrected chi connectivity index (χ0v) is 24.3. The standard InChI is InChI=1S/C31H42N3.C2H4O2/c1-7-32(8-2)28-19-13-25(14-20-28)31(26-15-21-29(22-16-26)33(9-3)10-4)27-17-23-30(24-18-27)34(11-5)12-6;1-2(3)4/h13-24H,7-12H2,1-6H3;1H3,(H,3,4)/q+1;/p-1. The Morgan fingerprint density at radius 2 is 1.00 bits per heavy atom. The van der Waals surface area contributed by atoms with E-state index in [1.165, 1.54) is 39.4 Å². The van der Waals surface area contributed by atoms with Gasteiger partial charge in [-0.3, -0.25) is 0 Å². The van der Waals surface area contributed by atoms with Crippen molar-refractivity contribution in [1.82, 2.24) is 0 Å². The molecule has 1 aliphatic carbocycles. The van der Waals surface area contributed by atoms with Crippen molar-refractivity contribution < 1.29 is 14.5 Å². The van der Waals surface area contributed by atoms with Gasteiger partial charge < -0.3 is 19.7 Å². The largest absolute Gasteiger partial charge is 0.550 e. The van der Waals surface area contributed by atoms with Crippen LogP contribution in [0.4, 0.5) is 11.4 Å². The van der Waals surface area contributed by atoms with Gasteiger partial charge in [0.05, 0.1) is 0 Å². The fourth-order valence-electron chi connectivity index (χ4n) is 4.78. The van der Waals surface area contributed by atoms with Gasteiger partial charge in [-0.2, -0.15) is 0 Å². The van der Waals surface area contributed by atoms with E-state index >= 15 is 0 Å². The molecule has 0 bridgehead atoms. The number of nitrogens with zero attached hydrogens (tertiary/aromatic N) is 3. The second kappa shape index (κ2) is 15.6. The number of allylic oxidation sites excluding steroid dienone is 5. The number of carboxylic acid groups (broad SMARTS) is 1. The lowest BCUT2D eigenvalue weighted by Gasteiger charge is -2.23. The second-order valence-corrected chi connectivity index (χ2v) is 9.02. The van der Waals surface area contributed by atoms with Gasteiger partial charge in [0.15, 0.2) is 5.71 Å². The molecule has 1 aliphatic rings. The van der Waals surface area contributed by atoms with Crippen LogP contribution < -0.4 is 14.9 Å². The molecular weight excluding hydrogens is 470 g/mol. The lowest BCUT2D eigenvalue weighted by molar-refractivity contribution is -0.519. The predicted octanol–water partition coefficient (Wildman–Crippen LogP) is 5.56. The molecule has 0 aliphatic heterocycles. The maximum Gasteiger partial charge on any atom is 0.199 e. The zero-order chi connectivity index (χ0) is 28.1. The van der Waals surface area contributed by atoms with E-state index in [2.05, 4.69) is 129 Å². The van der Waals surface area contributed by atoms with Crippen molar-refractivity contribution in [2.24, 2.45) is 0 Å². The zero-order valence-electron chi connectivity index (χ0n) is 24.3. The highest BCUT2D eigenvalue weighted by Crippen LogP contribution is 2.32. The molecule has 0 amide bonds. The number of anilines is 2. The first-order valence-electron chi connectivity index (χ1n) is 13.9. The molecule has 204 valence electrons. The Kier molecular flexibility index (Phi) is 12.6. The van der Waals surface area contributed by atoms with Crippen LogP contribution in [0, 0.1) is 0 Å². The molecule has 0 radical (unpaired) electrons. The van der Waals surface area contributed by atoms with Crippen LogP contribution >= 0.6 is 0 Å². The summed E-state index contributed by atoms with van der Waals surface area (Å²) in [5.41, 5.74) is 8.88. The first kappa shape index (κ1) is 30.6. The topological polar surface area (TPSA) is 49.6 Å². The van der Waals surface area contributed by atoms with Gasteiger partial charge >= 0.3 is 0 Å². The highest BCUT2D eigenvalue weighted by molar-refractivity contribution is 6.04. The summed E-state index contributed by atoms with van der Waals surface area (Å²) < 4.78 is 2.39. The minimum absolute atomic E-state index is 0.972. The summed E-state index contributed by atoms with van der Waals surface area (Å²) in [6, 6.07) is 18.2. The Morgan fingerprint density at radius 1 is 0.658 bits per heavy atom. The van der Waals surface area contributed by atoms with E-state index in [0.29, 0.717) is 0 Å². The SMILES string of the molecule is CC(=O)[O-].CCN(CC)c1ccc(C(=C2C=CC(=[N+](CC)CC)C=C2)c2ccc(N(CC)CC)cc2)cc1. The number of rotatable bonds is 10. The normalized spacial score (nSPS) is 12.1. The Labute approximate surface area is 230 Å². The minimum atomic E-state index is -1.08. The molecule has 2 aromatic carbocycles. The summed E-state index contributed by atoms with van der Waals surface area (Å²) in [6.45, 7) is 20.4. The first-order valence-corrected chi connectivity index (χ1v) is 13.9. The van der Waals surface area contributed by atoms with Gasteiger partial charge in [-0.1, -0.05) is 24.3 Å². The fraction of sp³-hybridized carbons (Fsp3) is 0.394. The monoisotopic (exact) mass is 515 g/mol. The molecule has 2 aromatic rings. The molecule has 0 heterocycles. The van der Waals surface area contributed by atoms with E-state index in [-0.39, 0.29) is 0 Å². The van der Waals surface area contributed by atoms with Gasteiger partial charge in [-0.15, -0.1) is 0 Å². The molecule has 38 heavy (non-hydrogen) atoms. The smallest absolute Gasteiger partial charge is 0.199 e. The Hall–Kier alpha value is -3.60. The average Bonchev–Trinajstić information content (AvgIpc) is 2.93. The Balaban J connectivity index is 0.00000118. The molecule has 0 fully saturated rings. The number of carboxylic acids is 1. The van der Waals surface area contributed by atoms with Crippen molar-refractivity contribution in [3.8, 4) is 0 Å². The summed E-state index contributed by atoms with van der Waals surface area (Å²) in [6.07, 6.45) is 9.08. The van der Waals surface area contributed by atoms with E-state index in [1.54, 1.807) is 0 Å². The predicted molar refractivity (Wildman–Crippen MR) is 161 cm³/mol. The van der Waals surface area contributed by atoms with E-state index in [0.717, 1.165) is 46.2 Å². The summed E-state index contributed by atoms with van der Waals surface area (Å²) >= 11 is 0. The van der Waals surface area contributed by atoms with Crippen molar-refractivity contribution >= 4 is 28.6 Å². The molecule has 0 spiro atoms. The van der Waals surface area contributed by atoms with Gasteiger partial charge in [-0.25, -0.2) is 4.58 Å². The average molecular weight is 516 g/mol. The number of hydrogen-bond donors (Lipinski definition) is 0. The third-order valence-corrected chi connectivity index (χ3v) is 6.85. The minimum Gasteiger partial charge on any atom is -0.550 e. The number of carbonyl (C=O) groups excluding carboxylic acids is 1. The maximum atomic E-state index is 8.89. The third-order valence-electron chi connectivity index (χ3n) is 6.85. The number of aliphatic carboxylic acids is 1. The Morgan fingerprint density at radius 3 is 1.29 bits per heavy atom. The number of carbonyl (C=O) groups is 1. The number of hydrogen-bond acceptors (Lipinski definition) is 4. The molecule has 0 saturated heterocycles. The highest BCUT2D eigenvalue weighted by Gasteiger charge is 2.15. The first-order chi connectivity index (χ1) is 18.3. The molecule has 3 rings (SSSR count).